The molecule has 1 aromatic carbocycles. The molecule has 0 bridgehead atoms. The Morgan fingerprint density at radius 2 is 1.91 bits per heavy atom. The highest BCUT2D eigenvalue weighted by Gasteiger charge is 2.58. The molecule has 2 atom stereocenters. The molecule has 5 nitrogen and oxygen atoms in total. The van der Waals surface area contributed by atoms with Crippen LogP contribution in [0, 0.1) is 5.92 Å². The summed E-state index contributed by atoms with van der Waals surface area (Å²) in [6.07, 6.45) is 6.30. The van der Waals surface area contributed by atoms with Gasteiger partial charge in [0.15, 0.2) is 0 Å². The summed E-state index contributed by atoms with van der Waals surface area (Å²) in [6, 6.07) is 11.1. The molecule has 0 saturated heterocycles. The Kier molecular flexibility index (Phi) is 3.55. The van der Waals surface area contributed by atoms with Crippen LogP contribution in [0.25, 0.3) is 0 Å². The predicted octanol–water partition coefficient (Wildman–Crippen LogP) is 2.53. The molecule has 0 fully saturated rings. The second kappa shape index (κ2) is 5.52. The molecular formula is C17H14O5. The molecule has 1 aliphatic carbocycles. The molecule has 1 aliphatic heterocycles. The average Bonchev–Trinajstić information content (AvgIpc) is 3.06. The molecule has 0 amide bonds. The number of rotatable bonds is 1. The lowest BCUT2D eigenvalue weighted by molar-refractivity contribution is -0.158. The number of hydrogen-bond acceptors (Lipinski definition) is 4. The Bertz CT molecular complexity index is 699. The first-order valence-corrected chi connectivity index (χ1v) is 6.82. The number of cyclic esters (lactones) is 1. The van der Waals surface area contributed by atoms with Crippen LogP contribution in [0.1, 0.15) is 11.1 Å². The van der Waals surface area contributed by atoms with Gasteiger partial charge in [-0.1, -0.05) is 24.3 Å². The highest BCUT2D eigenvalue weighted by molar-refractivity contribution is 5.95. The number of esters is 1. The van der Waals surface area contributed by atoms with Crippen LogP contribution in [0.5, 0.6) is 0 Å². The SMILES string of the molecule is O=C(O)C1C=COC(=O)C12Cc1ccccc12.c1ccoc1. The quantitative estimate of drug-likeness (QED) is 0.819. The van der Waals surface area contributed by atoms with Gasteiger partial charge in [0.1, 0.15) is 5.41 Å². The van der Waals surface area contributed by atoms with E-state index in [-0.39, 0.29) is 0 Å². The number of aliphatic carboxylic acids is 1. The van der Waals surface area contributed by atoms with Gasteiger partial charge < -0.3 is 14.3 Å². The molecule has 112 valence electrons. The van der Waals surface area contributed by atoms with Crippen molar-refractivity contribution >= 4 is 11.9 Å². The lowest BCUT2D eigenvalue weighted by atomic mass is 9.57. The minimum atomic E-state index is -1.02. The van der Waals surface area contributed by atoms with E-state index >= 15 is 0 Å². The summed E-state index contributed by atoms with van der Waals surface area (Å²) in [7, 11) is 0. The summed E-state index contributed by atoms with van der Waals surface area (Å²) in [5.74, 6) is -2.29. The molecule has 1 aromatic heterocycles. The van der Waals surface area contributed by atoms with Crippen molar-refractivity contribution in [2.45, 2.75) is 11.8 Å². The third-order valence-electron chi connectivity index (χ3n) is 4.00. The number of carboxylic acids is 1. The van der Waals surface area contributed by atoms with Gasteiger partial charge in [0, 0.05) is 0 Å². The average molecular weight is 298 g/mol. The van der Waals surface area contributed by atoms with Crippen LogP contribution in [-0.2, 0) is 26.2 Å². The van der Waals surface area contributed by atoms with Gasteiger partial charge in [0.2, 0.25) is 0 Å². The molecule has 1 spiro atoms. The Labute approximate surface area is 126 Å². The van der Waals surface area contributed by atoms with E-state index in [1.165, 1.54) is 12.3 Å². The van der Waals surface area contributed by atoms with Crippen molar-refractivity contribution < 1.29 is 23.8 Å². The maximum Gasteiger partial charge on any atom is 0.322 e. The Balaban J connectivity index is 0.000000246. The minimum Gasteiger partial charge on any atom is -0.481 e. The van der Waals surface area contributed by atoms with Gasteiger partial charge >= 0.3 is 11.9 Å². The van der Waals surface area contributed by atoms with Crippen molar-refractivity contribution in [1.82, 2.24) is 0 Å². The largest absolute Gasteiger partial charge is 0.481 e. The van der Waals surface area contributed by atoms with E-state index in [1.54, 1.807) is 18.6 Å². The molecule has 2 heterocycles. The van der Waals surface area contributed by atoms with Gasteiger partial charge in [0.05, 0.1) is 24.7 Å². The fourth-order valence-corrected chi connectivity index (χ4v) is 2.95. The van der Waals surface area contributed by atoms with Gasteiger partial charge in [-0.05, 0) is 35.8 Å². The Morgan fingerprint density at radius 1 is 1.18 bits per heavy atom. The van der Waals surface area contributed by atoms with Gasteiger partial charge in [-0.2, -0.15) is 0 Å². The lowest BCUT2D eigenvalue weighted by Crippen LogP contribution is -2.55. The molecule has 0 radical (unpaired) electrons. The van der Waals surface area contributed by atoms with Crippen LogP contribution in [0.3, 0.4) is 0 Å². The molecule has 2 aliphatic rings. The molecule has 0 saturated carbocycles. The van der Waals surface area contributed by atoms with Crippen molar-refractivity contribution in [3.63, 3.8) is 0 Å². The van der Waals surface area contributed by atoms with Crippen molar-refractivity contribution in [3.8, 4) is 0 Å². The van der Waals surface area contributed by atoms with Crippen LogP contribution >= 0.6 is 0 Å². The number of carboxylic acid groups (broad SMARTS) is 1. The van der Waals surface area contributed by atoms with Crippen molar-refractivity contribution in [2.75, 3.05) is 0 Å². The fourth-order valence-electron chi connectivity index (χ4n) is 2.95. The van der Waals surface area contributed by atoms with E-state index < -0.39 is 23.3 Å². The van der Waals surface area contributed by atoms with Crippen LogP contribution in [0.2, 0.25) is 0 Å². The van der Waals surface area contributed by atoms with Crippen LogP contribution in [-0.4, -0.2) is 17.0 Å². The second-order valence-corrected chi connectivity index (χ2v) is 5.15. The Morgan fingerprint density at radius 3 is 2.50 bits per heavy atom. The molecule has 4 rings (SSSR count). The number of benzene rings is 1. The minimum absolute atomic E-state index is 0.434. The van der Waals surface area contributed by atoms with Crippen LogP contribution in [0.15, 0.2) is 65.7 Å². The summed E-state index contributed by atoms with van der Waals surface area (Å²) in [5.41, 5.74) is 0.782. The van der Waals surface area contributed by atoms with E-state index in [2.05, 4.69) is 4.42 Å². The smallest absolute Gasteiger partial charge is 0.322 e. The molecule has 5 heteroatoms. The highest BCUT2D eigenvalue weighted by atomic mass is 16.5. The predicted molar refractivity (Wildman–Crippen MR) is 76.9 cm³/mol. The molecule has 2 unspecified atom stereocenters. The Hall–Kier alpha value is -2.82. The van der Waals surface area contributed by atoms with Gasteiger partial charge in [0.25, 0.3) is 0 Å². The third kappa shape index (κ3) is 2.11. The van der Waals surface area contributed by atoms with Crippen molar-refractivity contribution in [2.24, 2.45) is 5.92 Å². The first kappa shape index (κ1) is 14.1. The van der Waals surface area contributed by atoms with E-state index in [4.69, 9.17) is 4.74 Å². The monoisotopic (exact) mass is 298 g/mol. The van der Waals surface area contributed by atoms with Gasteiger partial charge in [-0.3, -0.25) is 9.59 Å². The molecule has 22 heavy (non-hydrogen) atoms. The zero-order chi connectivity index (χ0) is 15.6. The third-order valence-corrected chi connectivity index (χ3v) is 4.00. The van der Waals surface area contributed by atoms with Crippen molar-refractivity contribution in [3.05, 3.63) is 72.4 Å². The normalized spacial score (nSPS) is 24.5. The number of hydrogen-bond donors (Lipinski definition) is 1. The summed E-state index contributed by atoms with van der Waals surface area (Å²) in [5, 5.41) is 9.22. The summed E-state index contributed by atoms with van der Waals surface area (Å²) in [4.78, 5) is 23.2. The second-order valence-electron chi connectivity index (χ2n) is 5.15. The maximum atomic E-state index is 11.9. The highest BCUT2D eigenvalue weighted by Crippen LogP contribution is 2.49. The first-order chi connectivity index (χ1) is 10.7. The summed E-state index contributed by atoms with van der Waals surface area (Å²) < 4.78 is 9.47. The van der Waals surface area contributed by atoms with E-state index in [9.17, 15) is 14.7 Å². The number of furan rings is 1. The van der Waals surface area contributed by atoms with E-state index in [0.29, 0.717) is 6.42 Å². The lowest BCUT2D eigenvalue weighted by Gasteiger charge is -2.45. The zero-order valence-corrected chi connectivity index (χ0v) is 11.6. The number of carbonyl (C=O) groups is 2. The van der Waals surface area contributed by atoms with Gasteiger partial charge in [-0.15, -0.1) is 0 Å². The molecular weight excluding hydrogens is 284 g/mol. The summed E-state index contributed by atoms with van der Waals surface area (Å²) >= 11 is 0. The standard InChI is InChI=1S/C13H10O4.C4H4O/c14-11(15)10-5-6-17-12(16)13(10)7-8-3-1-2-4-9(8)13;1-2-4-5-3-1/h1-6,10H,7H2,(H,14,15);1-4H. The molecule has 2 aromatic rings. The van der Waals surface area contributed by atoms with Crippen LogP contribution in [0.4, 0.5) is 0 Å². The topological polar surface area (TPSA) is 76.7 Å². The zero-order valence-electron chi connectivity index (χ0n) is 11.6. The number of fused-ring (bicyclic) bond motifs is 2. The maximum absolute atomic E-state index is 11.9. The summed E-state index contributed by atoms with van der Waals surface area (Å²) in [6.45, 7) is 0. The number of ether oxygens (including phenoxy) is 1. The van der Waals surface area contributed by atoms with E-state index in [0.717, 1.165) is 11.1 Å². The number of carbonyl (C=O) groups excluding carboxylic acids is 1. The van der Waals surface area contributed by atoms with E-state index in [1.807, 2.05) is 30.3 Å². The van der Waals surface area contributed by atoms with Crippen LogP contribution < -0.4 is 0 Å². The van der Waals surface area contributed by atoms with Gasteiger partial charge in [-0.25, -0.2) is 0 Å². The first-order valence-electron chi connectivity index (χ1n) is 6.82. The fraction of sp³-hybridized carbons (Fsp3) is 0.176. The molecule has 1 N–H and O–H groups in total. The van der Waals surface area contributed by atoms with Crippen molar-refractivity contribution in [1.29, 1.82) is 0 Å².